The molecule has 0 spiro atoms. The van der Waals surface area contributed by atoms with Crippen molar-refractivity contribution in [3.05, 3.63) is 41.3 Å². The van der Waals surface area contributed by atoms with E-state index in [4.69, 9.17) is 14.7 Å². The Hall–Kier alpha value is -1.72. The molecule has 0 atom stereocenters. The monoisotopic (exact) mass is 238 g/mol. The maximum Gasteiger partial charge on any atom is 0.316 e. The molecule has 0 aromatic heterocycles. The fourth-order valence-corrected chi connectivity index (χ4v) is 1.41. The second-order valence-corrected chi connectivity index (χ2v) is 3.53. The molecule has 1 aromatic rings. The van der Waals surface area contributed by atoms with Crippen molar-refractivity contribution in [2.24, 2.45) is 0 Å². The van der Waals surface area contributed by atoms with Crippen LogP contribution in [-0.4, -0.2) is 30.6 Å². The first-order chi connectivity index (χ1) is 8.08. The third kappa shape index (κ3) is 3.65. The number of methoxy groups -OCH3 is 2. The quantitative estimate of drug-likeness (QED) is 0.611. The maximum atomic E-state index is 10.6. The van der Waals surface area contributed by atoms with Crippen molar-refractivity contribution in [1.82, 2.24) is 0 Å². The first kappa shape index (κ1) is 13.3. The topological polar surface area (TPSA) is 58.8 Å². The molecule has 1 N–H and O–H groups in total. The molecule has 17 heavy (non-hydrogen) atoms. The van der Waals surface area contributed by atoms with Crippen molar-refractivity contribution in [2.75, 3.05) is 14.2 Å². The number of rotatable bonds is 6. The van der Waals surface area contributed by atoms with Gasteiger partial charge in [0, 0.05) is 32.8 Å². The van der Waals surface area contributed by atoms with E-state index in [2.05, 4.69) is 6.58 Å². The van der Waals surface area contributed by atoms with Crippen LogP contribution in [0.4, 0.5) is 5.69 Å². The van der Waals surface area contributed by atoms with Gasteiger partial charge in [0.15, 0.2) is 6.29 Å². The lowest BCUT2D eigenvalue weighted by molar-refractivity contribution is -0.729. The van der Waals surface area contributed by atoms with Crippen LogP contribution >= 0.6 is 0 Å². The molecule has 0 amide bonds. The number of benzene rings is 1. The van der Waals surface area contributed by atoms with Crippen LogP contribution in [0.15, 0.2) is 30.8 Å². The summed E-state index contributed by atoms with van der Waals surface area (Å²) >= 11 is 0. The first-order valence-electron chi connectivity index (χ1n) is 5.08. The molecule has 0 saturated carbocycles. The van der Waals surface area contributed by atoms with Gasteiger partial charge in [-0.25, -0.2) is 5.21 Å². The Labute approximate surface area is 99.8 Å². The van der Waals surface area contributed by atoms with E-state index < -0.39 is 0 Å². The summed E-state index contributed by atoms with van der Waals surface area (Å²) in [4.78, 5) is 10.4. The molecule has 0 bridgehead atoms. The largest absolute Gasteiger partial charge is 0.356 e. The fraction of sp³-hybridized carbons (Fsp3) is 0.333. The highest BCUT2D eigenvalue weighted by atomic mass is 16.7. The van der Waals surface area contributed by atoms with Gasteiger partial charge in [0.25, 0.3) is 4.92 Å². The van der Waals surface area contributed by atoms with Crippen LogP contribution in [-0.2, 0) is 9.47 Å². The molecule has 0 aliphatic rings. The van der Waals surface area contributed by atoms with Crippen molar-refractivity contribution >= 4 is 11.3 Å². The third-order valence-electron chi connectivity index (χ3n) is 2.44. The normalized spacial score (nSPS) is 10.5. The highest BCUT2D eigenvalue weighted by Crippen LogP contribution is 2.21. The average Bonchev–Trinajstić information content (AvgIpc) is 2.35. The Morgan fingerprint density at radius 3 is 2.29 bits per heavy atom. The summed E-state index contributed by atoms with van der Waals surface area (Å²) in [6, 6.07) is 6.45. The zero-order valence-corrected chi connectivity index (χ0v) is 9.92. The minimum Gasteiger partial charge on any atom is -0.356 e. The number of nitrogens with zero attached hydrogens (tertiary/aromatic N) is 1. The Balaban J connectivity index is 2.73. The number of hydrogen-bond acceptors (Lipinski definition) is 3. The molecule has 0 radical (unpaired) electrons. The molecular formula is C12H16NO4+. The number of ether oxygens (including phenoxy) is 2. The molecule has 0 saturated heterocycles. The Bertz CT molecular complexity index is 395. The summed E-state index contributed by atoms with van der Waals surface area (Å²) in [7, 11) is 3.12. The molecule has 5 nitrogen and oxygen atoms in total. The Kier molecular flexibility index (Phi) is 4.81. The van der Waals surface area contributed by atoms with E-state index >= 15 is 0 Å². The zero-order valence-electron chi connectivity index (χ0n) is 9.92. The molecule has 0 aliphatic carbocycles. The van der Waals surface area contributed by atoms with Crippen molar-refractivity contribution < 1.29 is 19.6 Å². The van der Waals surface area contributed by atoms with Crippen LogP contribution in [0.5, 0.6) is 0 Å². The van der Waals surface area contributed by atoms with Gasteiger partial charge < -0.3 is 9.47 Å². The lowest BCUT2D eigenvalue weighted by atomic mass is 10.0. The van der Waals surface area contributed by atoms with E-state index in [9.17, 15) is 4.91 Å². The number of hydrogen-bond donors (Lipinski definition) is 1. The lowest BCUT2D eigenvalue weighted by Gasteiger charge is -2.14. The van der Waals surface area contributed by atoms with E-state index in [1.54, 1.807) is 26.4 Å². The summed E-state index contributed by atoms with van der Waals surface area (Å²) in [6.07, 6.45) is 0.197. The summed E-state index contributed by atoms with van der Waals surface area (Å²) < 4.78 is 10.1. The maximum absolute atomic E-state index is 10.6. The van der Waals surface area contributed by atoms with Gasteiger partial charge in [-0.3, -0.25) is 0 Å². The van der Waals surface area contributed by atoms with Crippen molar-refractivity contribution in [3.63, 3.8) is 0 Å². The van der Waals surface area contributed by atoms with Gasteiger partial charge in [0.2, 0.25) is 0 Å². The molecule has 92 valence electrons. The van der Waals surface area contributed by atoms with Crippen LogP contribution in [0.2, 0.25) is 0 Å². The predicted octanol–water partition coefficient (Wildman–Crippen LogP) is 2.51. The van der Waals surface area contributed by atoms with E-state index in [0.717, 1.165) is 11.1 Å². The highest BCUT2D eigenvalue weighted by molar-refractivity contribution is 5.64. The van der Waals surface area contributed by atoms with Crippen molar-refractivity contribution in [1.29, 1.82) is 0 Å². The van der Waals surface area contributed by atoms with Crippen LogP contribution < -0.4 is 0 Å². The van der Waals surface area contributed by atoms with Gasteiger partial charge in [0.05, 0.1) is 4.91 Å². The summed E-state index contributed by atoms with van der Waals surface area (Å²) in [5.41, 5.74) is 1.88. The zero-order chi connectivity index (χ0) is 12.8. The molecule has 0 aliphatic heterocycles. The molecule has 0 heterocycles. The Morgan fingerprint density at radius 1 is 1.35 bits per heavy atom. The van der Waals surface area contributed by atoms with E-state index in [1.807, 2.05) is 0 Å². The van der Waals surface area contributed by atoms with E-state index in [-0.39, 0.29) is 16.9 Å². The van der Waals surface area contributed by atoms with Gasteiger partial charge in [-0.2, -0.15) is 0 Å². The summed E-state index contributed by atoms with van der Waals surface area (Å²) in [5, 5.41) is 8.69. The SMILES string of the molecule is C=C(CC(OC)OC)c1ccc([N+](=O)O)cc1. The van der Waals surface area contributed by atoms with Crippen LogP contribution in [0.1, 0.15) is 12.0 Å². The van der Waals surface area contributed by atoms with E-state index in [1.165, 1.54) is 12.1 Å². The van der Waals surface area contributed by atoms with Crippen molar-refractivity contribution in [2.45, 2.75) is 12.7 Å². The van der Waals surface area contributed by atoms with E-state index in [0.29, 0.717) is 6.42 Å². The second-order valence-electron chi connectivity index (χ2n) is 3.53. The highest BCUT2D eigenvalue weighted by Gasteiger charge is 2.13. The molecular weight excluding hydrogens is 222 g/mol. The van der Waals surface area contributed by atoms with Crippen LogP contribution in [0, 0.1) is 4.91 Å². The van der Waals surface area contributed by atoms with Gasteiger partial charge in [-0.1, -0.05) is 6.58 Å². The average molecular weight is 238 g/mol. The first-order valence-corrected chi connectivity index (χ1v) is 5.08. The molecule has 1 rings (SSSR count). The van der Waals surface area contributed by atoms with Gasteiger partial charge >= 0.3 is 5.69 Å². The molecule has 0 unspecified atom stereocenters. The minimum absolute atomic E-state index is 0.177. The second kappa shape index (κ2) is 6.12. The standard InChI is InChI=1S/C12H16NO4/c1-9(8-12(16-2)17-3)10-4-6-11(7-5-10)13(14)15/h4-7,12H,1,8H2,2-3H3,(H,14,15)/q+1. The predicted molar refractivity (Wildman–Crippen MR) is 63.0 cm³/mol. The molecule has 5 heteroatoms. The molecule has 1 aromatic carbocycles. The van der Waals surface area contributed by atoms with Gasteiger partial charge in [-0.05, 0) is 23.3 Å². The lowest BCUT2D eigenvalue weighted by Crippen LogP contribution is -2.13. The van der Waals surface area contributed by atoms with Gasteiger partial charge in [-0.15, -0.1) is 0 Å². The smallest absolute Gasteiger partial charge is 0.316 e. The third-order valence-corrected chi connectivity index (χ3v) is 2.44. The van der Waals surface area contributed by atoms with Crippen LogP contribution in [0.25, 0.3) is 5.57 Å². The summed E-state index contributed by atoms with van der Waals surface area (Å²) in [5.74, 6) is 0. The molecule has 0 fully saturated rings. The fourth-order valence-electron chi connectivity index (χ4n) is 1.41. The van der Waals surface area contributed by atoms with Gasteiger partial charge in [0.1, 0.15) is 0 Å². The minimum atomic E-state index is -0.337. The van der Waals surface area contributed by atoms with Crippen molar-refractivity contribution in [3.8, 4) is 0 Å². The summed E-state index contributed by atoms with van der Waals surface area (Å²) in [6.45, 7) is 3.92. The Morgan fingerprint density at radius 2 is 1.88 bits per heavy atom. The van der Waals surface area contributed by atoms with Crippen LogP contribution in [0.3, 0.4) is 0 Å².